The number of aromatic nitrogens is 2. The number of benzene rings is 2. The van der Waals surface area contributed by atoms with Crippen molar-refractivity contribution in [2.45, 2.75) is 31.8 Å². The number of fused-ring (bicyclic) bond motifs is 1. The van der Waals surface area contributed by atoms with Gasteiger partial charge in [0.2, 0.25) is 0 Å². The van der Waals surface area contributed by atoms with Crippen molar-refractivity contribution in [3.8, 4) is 11.1 Å². The summed E-state index contributed by atoms with van der Waals surface area (Å²) in [6.45, 7) is 1.98. The minimum Gasteiger partial charge on any atom is -0.478 e. The third-order valence-electron chi connectivity index (χ3n) is 5.71. The zero-order valence-corrected chi connectivity index (χ0v) is 16.6. The van der Waals surface area contributed by atoms with Crippen LogP contribution in [0.25, 0.3) is 16.8 Å². The Kier molecular flexibility index (Phi) is 4.40. The standard InChI is InChI=1S/C25H22N2O3/c1-15-11-22(27-14-21(17-7-8-17)26-23(27)12-15)24(28)18-9-10-19(20(13-18)25(29)30)16-5-3-2-4-6-16/h2-6,9-14,17,24,28H,7-8H2,1H3,(H,29,30). The van der Waals surface area contributed by atoms with Gasteiger partial charge in [-0.2, -0.15) is 0 Å². The maximum atomic E-state index is 12.0. The normalized spacial score (nSPS) is 14.7. The van der Waals surface area contributed by atoms with Gasteiger partial charge in [-0.25, -0.2) is 9.78 Å². The monoisotopic (exact) mass is 398 g/mol. The lowest BCUT2D eigenvalue weighted by Gasteiger charge is -2.16. The average molecular weight is 398 g/mol. The van der Waals surface area contributed by atoms with E-state index in [9.17, 15) is 15.0 Å². The van der Waals surface area contributed by atoms with Crippen LogP contribution in [0.5, 0.6) is 0 Å². The molecule has 0 bridgehead atoms. The molecular weight excluding hydrogens is 376 g/mol. The van der Waals surface area contributed by atoms with Gasteiger partial charge in [0.05, 0.1) is 17.0 Å². The molecule has 150 valence electrons. The number of hydrogen-bond acceptors (Lipinski definition) is 3. The van der Waals surface area contributed by atoms with E-state index in [1.165, 1.54) is 0 Å². The van der Waals surface area contributed by atoms with Crippen molar-refractivity contribution in [1.29, 1.82) is 0 Å². The SMILES string of the molecule is Cc1cc(C(O)c2ccc(-c3ccccc3)c(C(=O)O)c2)n2cc(C3CC3)nc2c1. The lowest BCUT2D eigenvalue weighted by Crippen LogP contribution is -2.08. The van der Waals surface area contributed by atoms with Crippen LogP contribution in [-0.2, 0) is 0 Å². The molecule has 0 radical (unpaired) electrons. The second-order valence-corrected chi connectivity index (χ2v) is 8.00. The van der Waals surface area contributed by atoms with E-state index in [0.717, 1.165) is 35.3 Å². The molecule has 0 aliphatic heterocycles. The van der Waals surface area contributed by atoms with Gasteiger partial charge < -0.3 is 14.6 Å². The van der Waals surface area contributed by atoms with Crippen molar-refractivity contribution >= 4 is 11.6 Å². The molecule has 2 N–H and O–H groups in total. The minimum atomic E-state index is -1.02. The van der Waals surface area contributed by atoms with Gasteiger partial charge >= 0.3 is 5.97 Å². The summed E-state index contributed by atoms with van der Waals surface area (Å²) in [4.78, 5) is 16.7. The Bertz CT molecular complexity index is 1260. The molecule has 2 aromatic carbocycles. The van der Waals surface area contributed by atoms with E-state index in [1.807, 2.05) is 60.0 Å². The number of aliphatic hydroxyl groups excluding tert-OH is 1. The van der Waals surface area contributed by atoms with Gasteiger partial charge in [0, 0.05) is 12.1 Å². The highest BCUT2D eigenvalue weighted by atomic mass is 16.4. The second-order valence-electron chi connectivity index (χ2n) is 8.00. The zero-order valence-electron chi connectivity index (χ0n) is 16.6. The number of carboxylic acids is 1. The van der Waals surface area contributed by atoms with Crippen LogP contribution in [0.1, 0.15) is 57.7 Å². The van der Waals surface area contributed by atoms with Crippen LogP contribution in [-0.4, -0.2) is 25.6 Å². The van der Waals surface area contributed by atoms with Gasteiger partial charge in [-0.05, 0) is 60.2 Å². The number of rotatable bonds is 5. The van der Waals surface area contributed by atoms with E-state index in [0.29, 0.717) is 22.7 Å². The number of nitrogens with zero attached hydrogens (tertiary/aromatic N) is 2. The largest absolute Gasteiger partial charge is 0.478 e. The molecule has 5 nitrogen and oxygen atoms in total. The predicted octanol–water partition coefficient (Wildman–Crippen LogP) is 4.97. The fraction of sp³-hybridized carbons (Fsp3) is 0.200. The third kappa shape index (κ3) is 3.27. The lowest BCUT2D eigenvalue weighted by molar-refractivity contribution is 0.0697. The summed E-state index contributed by atoms with van der Waals surface area (Å²) in [5.41, 5.74) is 5.73. The van der Waals surface area contributed by atoms with Crippen LogP contribution in [0, 0.1) is 6.92 Å². The van der Waals surface area contributed by atoms with Crippen LogP contribution in [0.15, 0.2) is 66.9 Å². The molecule has 1 saturated carbocycles. The summed E-state index contributed by atoms with van der Waals surface area (Å²) in [7, 11) is 0. The fourth-order valence-corrected chi connectivity index (χ4v) is 4.01. The first-order valence-corrected chi connectivity index (χ1v) is 10.1. The van der Waals surface area contributed by atoms with Crippen molar-refractivity contribution < 1.29 is 15.0 Å². The molecule has 1 fully saturated rings. The molecule has 30 heavy (non-hydrogen) atoms. The smallest absolute Gasteiger partial charge is 0.336 e. The van der Waals surface area contributed by atoms with Crippen LogP contribution < -0.4 is 0 Å². The van der Waals surface area contributed by atoms with Crippen molar-refractivity contribution in [2.24, 2.45) is 0 Å². The third-order valence-corrected chi connectivity index (χ3v) is 5.71. The Balaban J connectivity index is 1.60. The van der Waals surface area contributed by atoms with Crippen molar-refractivity contribution in [1.82, 2.24) is 9.38 Å². The molecule has 5 heteroatoms. The molecule has 1 aliphatic carbocycles. The quantitative estimate of drug-likeness (QED) is 0.498. The molecule has 0 amide bonds. The van der Waals surface area contributed by atoms with E-state index in [-0.39, 0.29) is 5.56 Å². The molecule has 1 unspecified atom stereocenters. The van der Waals surface area contributed by atoms with Gasteiger partial charge in [-0.3, -0.25) is 0 Å². The van der Waals surface area contributed by atoms with E-state index in [2.05, 4.69) is 0 Å². The van der Waals surface area contributed by atoms with Gasteiger partial charge in [-0.15, -0.1) is 0 Å². The highest BCUT2D eigenvalue weighted by molar-refractivity contribution is 5.96. The van der Waals surface area contributed by atoms with Gasteiger partial charge in [0.15, 0.2) is 0 Å². The van der Waals surface area contributed by atoms with E-state index < -0.39 is 12.1 Å². The maximum absolute atomic E-state index is 12.0. The van der Waals surface area contributed by atoms with E-state index in [4.69, 9.17) is 4.98 Å². The van der Waals surface area contributed by atoms with E-state index >= 15 is 0 Å². The Morgan fingerprint density at radius 2 is 1.87 bits per heavy atom. The number of aliphatic hydroxyl groups is 1. The Labute approximate surface area is 174 Å². The predicted molar refractivity (Wildman–Crippen MR) is 115 cm³/mol. The highest BCUT2D eigenvalue weighted by Gasteiger charge is 2.27. The zero-order chi connectivity index (χ0) is 20.8. The first kappa shape index (κ1) is 18.6. The summed E-state index contributed by atoms with van der Waals surface area (Å²) >= 11 is 0. The topological polar surface area (TPSA) is 74.8 Å². The van der Waals surface area contributed by atoms with Crippen LogP contribution in [0.4, 0.5) is 0 Å². The summed E-state index contributed by atoms with van der Waals surface area (Å²) in [6.07, 6.45) is 3.35. The molecule has 0 spiro atoms. The Morgan fingerprint density at radius 1 is 1.10 bits per heavy atom. The summed E-state index contributed by atoms with van der Waals surface area (Å²) in [6, 6.07) is 18.5. The van der Waals surface area contributed by atoms with Gasteiger partial charge in [0.1, 0.15) is 11.8 Å². The minimum absolute atomic E-state index is 0.172. The number of carboxylic acid groups (broad SMARTS) is 1. The van der Waals surface area contributed by atoms with Crippen molar-refractivity contribution in [3.05, 3.63) is 94.9 Å². The molecule has 0 saturated heterocycles. The Morgan fingerprint density at radius 3 is 2.57 bits per heavy atom. The number of pyridine rings is 1. The number of aromatic carboxylic acids is 1. The summed E-state index contributed by atoms with van der Waals surface area (Å²) in [5, 5.41) is 21.0. The van der Waals surface area contributed by atoms with Crippen molar-refractivity contribution in [3.63, 3.8) is 0 Å². The molecule has 5 rings (SSSR count). The number of aryl methyl sites for hydroxylation is 1. The van der Waals surface area contributed by atoms with Crippen molar-refractivity contribution in [2.75, 3.05) is 0 Å². The average Bonchev–Trinajstić information content (AvgIpc) is 3.52. The first-order chi connectivity index (χ1) is 14.5. The molecule has 1 aliphatic rings. The molecule has 2 heterocycles. The van der Waals surface area contributed by atoms with Crippen LogP contribution in [0.2, 0.25) is 0 Å². The summed E-state index contributed by atoms with van der Waals surface area (Å²) < 4.78 is 1.93. The van der Waals surface area contributed by atoms with E-state index in [1.54, 1.807) is 18.2 Å². The number of carbonyl (C=O) groups is 1. The number of imidazole rings is 1. The maximum Gasteiger partial charge on any atom is 0.336 e. The fourth-order valence-electron chi connectivity index (χ4n) is 4.01. The van der Waals surface area contributed by atoms with Crippen LogP contribution >= 0.6 is 0 Å². The lowest BCUT2D eigenvalue weighted by atomic mass is 9.94. The first-order valence-electron chi connectivity index (χ1n) is 10.1. The summed E-state index contributed by atoms with van der Waals surface area (Å²) in [5.74, 6) is -0.505. The van der Waals surface area contributed by atoms with Crippen LogP contribution in [0.3, 0.4) is 0 Å². The number of hydrogen-bond donors (Lipinski definition) is 2. The highest BCUT2D eigenvalue weighted by Crippen LogP contribution is 2.40. The molecular formula is C25H22N2O3. The van der Waals surface area contributed by atoms with Gasteiger partial charge in [-0.1, -0.05) is 42.5 Å². The molecule has 1 atom stereocenters. The molecule has 4 aromatic rings. The van der Waals surface area contributed by atoms with Gasteiger partial charge in [0.25, 0.3) is 0 Å². The second kappa shape index (κ2) is 7.11. The molecule has 2 aromatic heterocycles. The Hall–Kier alpha value is -3.44.